The molecule has 0 N–H and O–H groups in total. The SMILES string of the molecule is CC(C)(C)c1ccc2c3ccc(C(C)(C)C)cc3n(-c3ccc(C#N)cc3-c3nc(-c4ccccc4)nc(-c4cc(C#N)ccc4-n4c5cc(C(C)(C)C)ccc5c5ccc(C(C)(C)C)cc54)n3)c2c1. The van der Waals surface area contributed by atoms with Gasteiger partial charge in [-0.1, -0.05) is 162 Å². The van der Waals surface area contributed by atoms with Crippen molar-refractivity contribution in [3.05, 3.63) is 173 Å². The Morgan fingerprint density at radius 3 is 0.971 bits per heavy atom. The molecule has 7 aromatic carbocycles. The van der Waals surface area contributed by atoms with Crippen LogP contribution in [0.2, 0.25) is 0 Å². The summed E-state index contributed by atoms with van der Waals surface area (Å²) in [5, 5.41) is 25.7. The zero-order valence-corrected chi connectivity index (χ0v) is 42.4. The maximum atomic E-state index is 10.6. The van der Waals surface area contributed by atoms with Gasteiger partial charge in [0, 0.05) is 38.2 Å². The van der Waals surface area contributed by atoms with E-state index >= 15 is 0 Å². The Morgan fingerprint density at radius 1 is 0.357 bits per heavy atom. The van der Waals surface area contributed by atoms with E-state index < -0.39 is 0 Å². The van der Waals surface area contributed by atoms with Crippen LogP contribution in [0, 0.1) is 22.7 Å². The molecule has 346 valence electrons. The van der Waals surface area contributed by atoms with Gasteiger partial charge in [0.05, 0.1) is 56.7 Å². The van der Waals surface area contributed by atoms with Crippen molar-refractivity contribution in [2.75, 3.05) is 0 Å². The van der Waals surface area contributed by atoms with Crippen molar-refractivity contribution >= 4 is 43.6 Å². The molecule has 70 heavy (non-hydrogen) atoms. The molecular formula is C63H59N7. The molecule has 3 heterocycles. The maximum absolute atomic E-state index is 10.6. The van der Waals surface area contributed by atoms with Crippen molar-refractivity contribution in [3.63, 3.8) is 0 Å². The van der Waals surface area contributed by atoms with Crippen molar-refractivity contribution in [1.29, 1.82) is 10.5 Å². The summed E-state index contributed by atoms with van der Waals surface area (Å²) >= 11 is 0. The average Bonchev–Trinajstić information content (AvgIpc) is 3.84. The van der Waals surface area contributed by atoms with Crippen LogP contribution in [-0.2, 0) is 21.7 Å². The largest absolute Gasteiger partial charge is 0.308 e. The quantitative estimate of drug-likeness (QED) is 0.171. The van der Waals surface area contributed by atoms with Crippen LogP contribution >= 0.6 is 0 Å². The Kier molecular flexibility index (Phi) is 10.7. The molecule has 0 bridgehead atoms. The number of aromatic nitrogens is 5. The standard InChI is InChI=1S/C63H59N7/c1-60(2,3)41-20-24-45-46-25-21-42(61(4,5)6)33-54(46)69(53(45)32-41)51-28-18-38(36-64)30-49(51)58-66-57(40-16-14-13-15-17-40)67-59(68-58)50-31-39(37-65)19-29-52(50)70-55-34-43(62(7,8)9)22-26-47(55)48-27-23-44(35-56(48)70)63(10,11)12/h13-35H,1-12H3. The maximum Gasteiger partial charge on any atom is 0.166 e. The molecule has 10 aromatic rings. The van der Waals surface area contributed by atoms with Crippen LogP contribution < -0.4 is 0 Å². The van der Waals surface area contributed by atoms with Gasteiger partial charge < -0.3 is 9.13 Å². The fraction of sp³-hybridized carbons (Fsp3) is 0.254. The minimum Gasteiger partial charge on any atom is -0.308 e. The minimum absolute atomic E-state index is 0.109. The number of hydrogen-bond donors (Lipinski definition) is 0. The van der Waals surface area contributed by atoms with Crippen LogP contribution in [-0.4, -0.2) is 24.1 Å². The van der Waals surface area contributed by atoms with Gasteiger partial charge in [-0.25, -0.2) is 15.0 Å². The highest BCUT2D eigenvalue weighted by molar-refractivity contribution is 6.11. The van der Waals surface area contributed by atoms with Crippen molar-refractivity contribution in [1.82, 2.24) is 24.1 Å². The number of nitrogens with zero attached hydrogens (tertiary/aromatic N) is 7. The fourth-order valence-electron chi connectivity index (χ4n) is 9.71. The molecule has 7 nitrogen and oxygen atoms in total. The lowest BCUT2D eigenvalue weighted by Gasteiger charge is -2.21. The lowest BCUT2D eigenvalue weighted by atomic mass is 9.86. The van der Waals surface area contributed by atoms with Gasteiger partial charge in [0.15, 0.2) is 17.5 Å². The first kappa shape index (κ1) is 45.9. The molecule has 0 aliphatic carbocycles. The summed E-state index contributed by atoms with van der Waals surface area (Å²) in [6.07, 6.45) is 0. The molecule has 0 atom stereocenters. The number of fused-ring (bicyclic) bond motifs is 6. The molecule has 0 fully saturated rings. The molecule has 3 aromatic heterocycles. The molecule has 0 amide bonds. The van der Waals surface area contributed by atoms with Gasteiger partial charge in [-0.3, -0.25) is 0 Å². The molecule has 10 rings (SSSR count). The lowest BCUT2D eigenvalue weighted by Crippen LogP contribution is -2.11. The molecular weight excluding hydrogens is 855 g/mol. The highest BCUT2D eigenvalue weighted by Crippen LogP contribution is 2.43. The summed E-state index contributed by atoms with van der Waals surface area (Å²) in [5.74, 6) is 1.29. The van der Waals surface area contributed by atoms with E-state index in [1.54, 1.807) is 0 Å². The third-order valence-electron chi connectivity index (χ3n) is 13.9. The molecule has 0 unspecified atom stereocenters. The molecule has 0 saturated heterocycles. The Labute approximate surface area is 411 Å². The first-order chi connectivity index (χ1) is 33.1. The van der Waals surface area contributed by atoms with Gasteiger partial charge in [-0.15, -0.1) is 0 Å². The summed E-state index contributed by atoms with van der Waals surface area (Å²) in [6.45, 7) is 26.9. The van der Waals surface area contributed by atoms with E-state index in [0.29, 0.717) is 39.7 Å². The van der Waals surface area contributed by atoms with Crippen molar-refractivity contribution in [3.8, 4) is 57.7 Å². The summed E-state index contributed by atoms with van der Waals surface area (Å²) in [4.78, 5) is 16.1. The van der Waals surface area contributed by atoms with E-state index in [1.807, 2.05) is 66.7 Å². The Hall–Kier alpha value is -7.87. The second-order valence-electron chi connectivity index (χ2n) is 23.0. The van der Waals surface area contributed by atoms with Crippen molar-refractivity contribution in [2.45, 2.75) is 105 Å². The first-order valence-electron chi connectivity index (χ1n) is 24.2. The molecule has 0 aliphatic rings. The van der Waals surface area contributed by atoms with Gasteiger partial charge >= 0.3 is 0 Å². The average molecular weight is 914 g/mol. The molecule has 0 saturated carbocycles. The van der Waals surface area contributed by atoms with Crippen LogP contribution in [0.3, 0.4) is 0 Å². The van der Waals surface area contributed by atoms with Gasteiger partial charge in [-0.05, 0) is 105 Å². The smallest absolute Gasteiger partial charge is 0.166 e. The van der Waals surface area contributed by atoms with Crippen molar-refractivity contribution in [2.24, 2.45) is 0 Å². The normalized spacial score (nSPS) is 12.5. The fourth-order valence-corrected chi connectivity index (χ4v) is 9.71. The highest BCUT2D eigenvalue weighted by atomic mass is 15.1. The Morgan fingerprint density at radius 2 is 0.671 bits per heavy atom. The number of benzene rings is 7. The van der Waals surface area contributed by atoms with Crippen LogP contribution in [0.15, 0.2) is 140 Å². The topological polar surface area (TPSA) is 96.1 Å². The van der Waals surface area contributed by atoms with E-state index in [0.717, 1.165) is 60.5 Å². The third kappa shape index (κ3) is 8.00. The zero-order valence-electron chi connectivity index (χ0n) is 42.4. The predicted octanol–water partition coefficient (Wildman–Crippen LogP) is 16.0. The van der Waals surface area contributed by atoms with Crippen LogP contribution in [0.25, 0.3) is 89.2 Å². The molecule has 7 heteroatoms. The second kappa shape index (κ2) is 16.4. The number of nitriles is 2. The van der Waals surface area contributed by atoms with Gasteiger partial charge in [0.2, 0.25) is 0 Å². The van der Waals surface area contributed by atoms with E-state index in [9.17, 15) is 10.5 Å². The molecule has 0 radical (unpaired) electrons. The predicted molar refractivity (Wildman–Crippen MR) is 289 cm³/mol. The van der Waals surface area contributed by atoms with E-state index in [2.05, 4.69) is 177 Å². The summed E-state index contributed by atoms with van der Waals surface area (Å²) in [6, 6.07) is 53.6. The highest BCUT2D eigenvalue weighted by Gasteiger charge is 2.27. The van der Waals surface area contributed by atoms with Crippen LogP contribution in [0.4, 0.5) is 0 Å². The third-order valence-corrected chi connectivity index (χ3v) is 13.9. The summed E-state index contributed by atoms with van der Waals surface area (Å²) in [7, 11) is 0. The Bertz CT molecular complexity index is 3450. The summed E-state index contributed by atoms with van der Waals surface area (Å²) < 4.78 is 4.66. The lowest BCUT2D eigenvalue weighted by molar-refractivity contribution is 0.590. The first-order valence-corrected chi connectivity index (χ1v) is 24.2. The number of hydrogen-bond acceptors (Lipinski definition) is 5. The van der Waals surface area contributed by atoms with Gasteiger partial charge in [0.25, 0.3) is 0 Å². The zero-order chi connectivity index (χ0) is 49.7. The van der Waals surface area contributed by atoms with Crippen molar-refractivity contribution < 1.29 is 0 Å². The minimum atomic E-state index is -0.109. The van der Waals surface area contributed by atoms with E-state index in [4.69, 9.17) is 15.0 Å². The monoisotopic (exact) mass is 913 g/mol. The molecule has 0 aliphatic heterocycles. The van der Waals surface area contributed by atoms with Gasteiger partial charge in [0.1, 0.15) is 0 Å². The molecule has 0 spiro atoms. The van der Waals surface area contributed by atoms with Crippen LogP contribution in [0.1, 0.15) is 116 Å². The van der Waals surface area contributed by atoms with Crippen LogP contribution in [0.5, 0.6) is 0 Å². The van der Waals surface area contributed by atoms with E-state index in [1.165, 1.54) is 22.3 Å². The summed E-state index contributed by atoms with van der Waals surface area (Å²) in [5.41, 5.74) is 13.4. The van der Waals surface area contributed by atoms with E-state index in [-0.39, 0.29) is 21.7 Å². The van der Waals surface area contributed by atoms with Gasteiger partial charge in [-0.2, -0.15) is 10.5 Å². The Balaban J connectivity index is 1.32. The second-order valence-corrected chi connectivity index (χ2v) is 23.0. The number of rotatable bonds is 5.